The fourth-order valence-electron chi connectivity index (χ4n) is 1.35. The van der Waals surface area contributed by atoms with Crippen LogP contribution >= 0.6 is 11.6 Å². The summed E-state index contributed by atoms with van der Waals surface area (Å²) in [5.41, 5.74) is 5.50. The number of nitro groups is 1. The van der Waals surface area contributed by atoms with Crippen molar-refractivity contribution in [2.75, 3.05) is 5.32 Å². The quantitative estimate of drug-likeness (QED) is 0.622. The van der Waals surface area contributed by atoms with Crippen LogP contribution in [-0.2, 0) is 4.79 Å². The maximum Gasteiger partial charge on any atom is 0.271 e. The number of non-ortho nitro benzene ring substituents is 1. The number of nitrogens with two attached hydrogens (primary N) is 1. The summed E-state index contributed by atoms with van der Waals surface area (Å²) in [6, 6.07) is 3.90. The molecular weight excluding hydrogens is 246 g/mol. The molecule has 0 aliphatic rings. The SMILES string of the molecule is CC(CC(N)=O)Nc1ccc([N+](=O)[O-])cc1Cl. The van der Waals surface area contributed by atoms with Gasteiger partial charge in [-0.2, -0.15) is 0 Å². The van der Waals surface area contributed by atoms with Crippen LogP contribution in [0.4, 0.5) is 11.4 Å². The number of anilines is 1. The van der Waals surface area contributed by atoms with E-state index in [1.807, 2.05) is 0 Å². The van der Waals surface area contributed by atoms with Gasteiger partial charge in [0.2, 0.25) is 5.91 Å². The lowest BCUT2D eigenvalue weighted by atomic mass is 10.2. The summed E-state index contributed by atoms with van der Waals surface area (Å²) in [5.74, 6) is -0.428. The Morgan fingerprint density at radius 3 is 2.76 bits per heavy atom. The minimum absolute atomic E-state index is 0.0805. The first-order valence-electron chi connectivity index (χ1n) is 4.89. The molecule has 1 atom stereocenters. The molecule has 1 rings (SSSR count). The summed E-state index contributed by atoms with van der Waals surface area (Å²) in [7, 11) is 0. The molecule has 1 aromatic carbocycles. The van der Waals surface area contributed by atoms with Crippen LogP contribution in [-0.4, -0.2) is 16.9 Å². The molecule has 0 saturated carbocycles. The largest absolute Gasteiger partial charge is 0.381 e. The maximum absolute atomic E-state index is 10.7. The van der Waals surface area contributed by atoms with Gasteiger partial charge in [-0.3, -0.25) is 14.9 Å². The second-order valence-corrected chi connectivity index (χ2v) is 4.04. The number of nitro benzene ring substituents is 1. The number of halogens is 1. The standard InChI is InChI=1S/C10H12ClN3O3/c1-6(4-10(12)15)13-9-3-2-7(14(16)17)5-8(9)11/h2-3,5-6,13H,4H2,1H3,(H2,12,15). The fourth-order valence-corrected chi connectivity index (χ4v) is 1.58. The highest BCUT2D eigenvalue weighted by Gasteiger charge is 2.12. The molecule has 0 bridgehead atoms. The van der Waals surface area contributed by atoms with Gasteiger partial charge in [-0.05, 0) is 13.0 Å². The summed E-state index contributed by atoms with van der Waals surface area (Å²) in [6.07, 6.45) is 0.160. The number of carbonyl (C=O) groups excluding carboxylic acids is 1. The molecule has 0 heterocycles. The Bertz CT molecular complexity index is 450. The number of nitrogens with zero attached hydrogens (tertiary/aromatic N) is 1. The van der Waals surface area contributed by atoms with Crippen molar-refractivity contribution < 1.29 is 9.72 Å². The number of primary amides is 1. The number of hydrogen-bond acceptors (Lipinski definition) is 4. The second kappa shape index (κ2) is 5.49. The molecule has 0 saturated heterocycles. The fraction of sp³-hybridized carbons (Fsp3) is 0.300. The summed E-state index contributed by atoms with van der Waals surface area (Å²) in [6.45, 7) is 1.77. The third-order valence-electron chi connectivity index (χ3n) is 2.07. The van der Waals surface area contributed by atoms with E-state index in [1.54, 1.807) is 6.92 Å². The Labute approximate surface area is 103 Å². The number of hydrogen-bond donors (Lipinski definition) is 2. The van der Waals surface area contributed by atoms with Crippen LogP contribution in [0, 0.1) is 10.1 Å². The van der Waals surface area contributed by atoms with Crippen molar-refractivity contribution in [2.45, 2.75) is 19.4 Å². The molecule has 3 N–H and O–H groups in total. The van der Waals surface area contributed by atoms with Crippen LogP contribution in [0.15, 0.2) is 18.2 Å². The Kier molecular flexibility index (Phi) is 4.28. The third kappa shape index (κ3) is 3.92. The molecule has 1 unspecified atom stereocenters. The predicted molar refractivity (Wildman–Crippen MR) is 65.0 cm³/mol. The molecule has 92 valence electrons. The zero-order chi connectivity index (χ0) is 13.0. The average Bonchev–Trinajstić information content (AvgIpc) is 2.19. The summed E-state index contributed by atoms with van der Waals surface area (Å²) < 4.78 is 0. The summed E-state index contributed by atoms with van der Waals surface area (Å²) >= 11 is 5.87. The van der Waals surface area contributed by atoms with Crippen LogP contribution in [0.3, 0.4) is 0 Å². The Morgan fingerprint density at radius 2 is 2.29 bits per heavy atom. The number of benzene rings is 1. The number of rotatable bonds is 5. The van der Waals surface area contributed by atoms with Crippen LogP contribution in [0.2, 0.25) is 5.02 Å². The number of nitrogens with one attached hydrogen (secondary N) is 1. The number of amides is 1. The number of carbonyl (C=O) groups is 1. The van der Waals surface area contributed by atoms with Gasteiger partial charge in [-0.15, -0.1) is 0 Å². The predicted octanol–water partition coefficient (Wildman–Crippen LogP) is 1.92. The van der Waals surface area contributed by atoms with Crippen LogP contribution in [0.25, 0.3) is 0 Å². The molecule has 0 aliphatic heterocycles. The Morgan fingerprint density at radius 1 is 1.65 bits per heavy atom. The summed E-state index contributed by atoms with van der Waals surface area (Å²) in [5, 5.41) is 13.7. The lowest BCUT2D eigenvalue weighted by Gasteiger charge is -2.14. The molecule has 6 nitrogen and oxygen atoms in total. The van der Waals surface area contributed by atoms with Gasteiger partial charge in [0, 0.05) is 24.6 Å². The minimum atomic E-state index is -0.525. The Balaban J connectivity index is 2.79. The molecule has 1 aromatic rings. The molecule has 7 heteroatoms. The highest BCUT2D eigenvalue weighted by atomic mass is 35.5. The van der Waals surface area contributed by atoms with Crippen molar-refractivity contribution in [1.29, 1.82) is 0 Å². The van der Waals surface area contributed by atoms with Gasteiger partial charge in [-0.1, -0.05) is 11.6 Å². The monoisotopic (exact) mass is 257 g/mol. The molecule has 17 heavy (non-hydrogen) atoms. The van der Waals surface area contributed by atoms with Gasteiger partial charge < -0.3 is 11.1 Å². The van der Waals surface area contributed by atoms with Crippen LogP contribution in [0.5, 0.6) is 0 Å². The normalized spacial score (nSPS) is 11.9. The van der Waals surface area contributed by atoms with Crippen molar-refractivity contribution in [3.8, 4) is 0 Å². The van der Waals surface area contributed by atoms with E-state index in [0.29, 0.717) is 5.69 Å². The summed E-state index contributed by atoms with van der Waals surface area (Å²) in [4.78, 5) is 20.7. The minimum Gasteiger partial charge on any atom is -0.381 e. The zero-order valence-electron chi connectivity index (χ0n) is 9.14. The molecule has 0 aromatic heterocycles. The zero-order valence-corrected chi connectivity index (χ0v) is 9.90. The van der Waals surface area contributed by atoms with Crippen molar-refractivity contribution in [1.82, 2.24) is 0 Å². The molecule has 0 aliphatic carbocycles. The lowest BCUT2D eigenvalue weighted by Crippen LogP contribution is -2.24. The lowest BCUT2D eigenvalue weighted by molar-refractivity contribution is -0.384. The first kappa shape index (κ1) is 13.2. The highest BCUT2D eigenvalue weighted by molar-refractivity contribution is 6.33. The first-order valence-corrected chi connectivity index (χ1v) is 5.26. The van der Waals surface area contributed by atoms with Gasteiger partial charge in [0.25, 0.3) is 5.69 Å². The molecule has 0 radical (unpaired) electrons. The smallest absolute Gasteiger partial charge is 0.271 e. The van der Waals surface area contributed by atoms with Crippen molar-refractivity contribution >= 4 is 28.9 Å². The first-order chi connectivity index (χ1) is 7.90. The van der Waals surface area contributed by atoms with Crippen LogP contribution < -0.4 is 11.1 Å². The van der Waals surface area contributed by atoms with Gasteiger partial charge >= 0.3 is 0 Å². The highest BCUT2D eigenvalue weighted by Crippen LogP contribution is 2.27. The average molecular weight is 258 g/mol. The van der Waals surface area contributed by atoms with Crippen molar-refractivity contribution in [3.63, 3.8) is 0 Å². The van der Waals surface area contributed by atoms with Gasteiger partial charge in [-0.25, -0.2) is 0 Å². The van der Waals surface area contributed by atoms with E-state index in [1.165, 1.54) is 18.2 Å². The topological polar surface area (TPSA) is 98.3 Å². The van der Waals surface area contributed by atoms with E-state index in [9.17, 15) is 14.9 Å². The van der Waals surface area contributed by atoms with Gasteiger partial charge in [0.15, 0.2) is 0 Å². The molecule has 0 fully saturated rings. The maximum atomic E-state index is 10.7. The van der Waals surface area contributed by atoms with Gasteiger partial charge in [0.05, 0.1) is 15.6 Å². The van der Waals surface area contributed by atoms with Gasteiger partial charge in [0.1, 0.15) is 0 Å². The van der Waals surface area contributed by atoms with Crippen molar-refractivity contribution in [2.24, 2.45) is 5.73 Å². The van der Waals surface area contributed by atoms with E-state index in [2.05, 4.69) is 5.32 Å². The molecule has 0 spiro atoms. The molecule has 1 amide bonds. The van der Waals surface area contributed by atoms with Crippen LogP contribution in [0.1, 0.15) is 13.3 Å². The van der Waals surface area contributed by atoms with E-state index < -0.39 is 10.8 Å². The third-order valence-corrected chi connectivity index (χ3v) is 2.39. The van der Waals surface area contributed by atoms with E-state index in [0.717, 1.165) is 0 Å². The second-order valence-electron chi connectivity index (χ2n) is 3.64. The van der Waals surface area contributed by atoms with E-state index >= 15 is 0 Å². The Hall–Kier alpha value is -1.82. The van der Waals surface area contributed by atoms with Crippen molar-refractivity contribution in [3.05, 3.63) is 33.3 Å². The molecular formula is C10H12ClN3O3. The van der Waals surface area contributed by atoms with E-state index in [4.69, 9.17) is 17.3 Å². The van der Waals surface area contributed by atoms with E-state index in [-0.39, 0.29) is 23.2 Å².